The third-order valence-electron chi connectivity index (χ3n) is 8.14. The Hall–Kier alpha value is -0.700. The van der Waals surface area contributed by atoms with Crippen molar-refractivity contribution in [1.29, 1.82) is 0 Å². The normalized spacial score (nSPS) is 54.6. The van der Waals surface area contributed by atoms with Crippen LogP contribution >= 0.6 is 0 Å². The van der Waals surface area contributed by atoms with E-state index in [0.717, 1.165) is 38.5 Å². The van der Waals surface area contributed by atoms with Gasteiger partial charge < -0.3 is 5.11 Å². The Kier molecular flexibility index (Phi) is 3.15. The minimum Gasteiger partial charge on any atom is -0.393 e. The van der Waals surface area contributed by atoms with Crippen LogP contribution in [0.3, 0.4) is 0 Å². The molecule has 0 aliphatic heterocycles. The molecule has 0 saturated heterocycles. The number of hydrogen-bond donors (Lipinski definition) is 1. The molecule has 122 valence electrons. The minimum absolute atomic E-state index is 0.0546. The first kappa shape index (κ1) is 14.9. The number of ketones is 2. The number of aliphatic hydroxyl groups excluding tert-OH is 1. The summed E-state index contributed by atoms with van der Waals surface area (Å²) in [5.74, 6) is 2.27. The van der Waals surface area contributed by atoms with Gasteiger partial charge in [-0.1, -0.05) is 13.8 Å². The van der Waals surface area contributed by atoms with Gasteiger partial charge in [0.05, 0.1) is 6.10 Å². The minimum atomic E-state index is -0.291. The van der Waals surface area contributed by atoms with E-state index in [1.165, 1.54) is 0 Å². The SMILES string of the molecule is C[C@]12CC[C@H](O)C[C@@H]1C(=O)C[C@H]1[C@H]2CC[C@]2(C)C(=O)CC[C@@H]12. The maximum absolute atomic E-state index is 12.8. The molecule has 0 aromatic rings. The molecule has 7 atom stereocenters. The molecular formula is C19H28O3. The summed E-state index contributed by atoms with van der Waals surface area (Å²) in [6.07, 6.45) is 6.67. The largest absolute Gasteiger partial charge is 0.393 e. The van der Waals surface area contributed by atoms with Crippen LogP contribution < -0.4 is 0 Å². The Labute approximate surface area is 132 Å². The zero-order valence-electron chi connectivity index (χ0n) is 13.8. The highest BCUT2D eigenvalue weighted by Gasteiger charge is 2.62. The van der Waals surface area contributed by atoms with Gasteiger partial charge in [-0.25, -0.2) is 0 Å². The van der Waals surface area contributed by atoms with Crippen LogP contribution in [0.25, 0.3) is 0 Å². The zero-order valence-corrected chi connectivity index (χ0v) is 13.8. The van der Waals surface area contributed by atoms with Gasteiger partial charge >= 0.3 is 0 Å². The lowest BCUT2D eigenvalue weighted by molar-refractivity contribution is -0.160. The van der Waals surface area contributed by atoms with Crippen molar-refractivity contribution in [2.45, 2.75) is 71.3 Å². The van der Waals surface area contributed by atoms with Gasteiger partial charge in [0.25, 0.3) is 0 Å². The molecule has 0 heterocycles. The number of fused-ring (bicyclic) bond motifs is 5. The van der Waals surface area contributed by atoms with E-state index in [1.807, 2.05) is 0 Å². The summed E-state index contributed by atoms with van der Waals surface area (Å²) in [6.45, 7) is 4.46. The lowest BCUT2D eigenvalue weighted by Crippen LogP contribution is -2.57. The maximum Gasteiger partial charge on any atom is 0.139 e. The molecule has 4 fully saturated rings. The highest BCUT2D eigenvalue weighted by Crippen LogP contribution is 2.64. The van der Waals surface area contributed by atoms with Gasteiger partial charge in [-0.3, -0.25) is 9.59 Å². The fraction of sp³-hybridized carbons (Fsp3) is 0.895. The quantitative estimate of drug-likeness (QED) is 0.748. The van der Waals surface area contributed by atoms with Crippen LogP contribution in [0.4, 0.5) is 0 Å². The molecule has 4 aliphatic carbocycles. The first-order valence-corrected chi connectivity index (χ1v) is 9.10. The van der Waals surface area contributed by atoms with Gasteiger partial charge in [0.2, 0.25) is 0 Å². The van der Waals surface area contributed by atoms with E-state index in [0.29, 0.717) is 42.2 Å². The highest BCUT2D eigenvalue weighted by molar-refractivity contribution is 5.88. The molecule has 0 aromatic heterocycles. The van der Waals surface area contributed by atoms with Gasteiger partial charge in [0.15, 0.2) is 0 Å². The van der Waals surface area contributed by atoms with Crippen molar-refractivity contribution < 1.29 is 14.7 Å². The number of rotatable bonds is 0. The summed E-state index contributed by atoms with van der Waals surface area (Å²) < 4.78 is 0. The predicted molar refractivity (Wildman–Crippen MR) is 83.1 cm³/mol. The molecule has 3 heteroatoms. The van der Waals surface area contributed by atoms with Crippen molar-refractivity contribution in [3.63, 3.8) is 0 Å². The van der Waals surface area contributed by atoms with Crippen LogP contribution in [0.1, 0.15) is 65.2 Å². The molecule has 0 amide bonds. The molecule has 4 aliphatic rings. The molecule has 0 aromatic carbocycles. The molecule has 1 N–H and O–H groups in total. The average Bonchev–Trinajstić information content (AvgIpc) is 2.77. The van der Waals surface area contributed by atoms with E-state index in [1.54, 1.807) is 0 Å². The number of carbonyl (C=O) groups is 2. The number of carbonyl (C=O) groups excluding carboxylic acids is 2. The van der Waals surface area contributed by atoms with Crippen molar-refractivity contribution in [1.82, 2.24) is 0 Å². The van der Waals surface area contributed by atoms with E-state index in [2.05, 4.69) is 13.8 Å². The Morgan fingerprint density at radius 2 is 1.82 bits per heavy atom. The van der Waals surface area contributed by atoms with E-state index in [-0.39, 0.29) is 22.9 Å². The second-order valence-electron chi connectivity index (χ2n) is 8.95. The number of Topliss-reactive ketones (excluding diaryl/α,β-unsaturated/α-hetero) is 2. The number of aliphatic hydroxyl groups is 1. The van der Waals surface area contributed by atoms with Crippen LogP contribution in [-0.4, -0.2) is 22.8 Å². The Morgan fingerprint density at radius 1 is 1.05 bits per heavy atom. The second kappa shape index (κ2) is 4.66. The summed E-state index contributed by atoms with van der Waals surface area (Å²) in [5.41, 5.74) is -0.0922. The van der Waals surface area contributed by atoms with E-state index >= 15 is 0 Å². The first-order valence-electron chi connectivity index (χ1n) is 9.10. The van der Waals surface area contributed by atoms with E-state index < -0.39 is 0 Å². The summed E-state index contributed by atoms with van der Waals surface area (Å²) in [7, 11) is 0. The predicted octanol–water partition coefficient (Wildman–Crippen LogP) is 3.14. The van der Waals surface area contributed by atoms with E-state index in [4.69, 9.17) is 0 Å². The lowest BCUT2D eigenvalue weighted by atomic mass is 9.45. The van der Waals surface area contributed by atoms with Gasteiger partial charge in [-0.2, -0.15) is 0 Å². The Balaban J connectivity index is 1.69. The molecular weight excluding hydrogens is 276 g/mol. The van der Waals surface area contributed by atoms with Crippen molar-refractivity contribution in [2.75, 3.05) is 0 Å². The lowest BCUT2D eigenvalue weighted by Gasteiger charge is -2.59. The van der Waals surface area contributed by atoms with Crippen molar-refractivity contribution >= 4 is 11.6 Å². The fourth-order valence-corrected chi connectivity index (χ4v) is 6.79. The van der Waals surface area contributed by atoms with Crippen molar-refractivity contribution in [3.8, 4) is 0 Å². The standard InChI is InChI=1S/C19H28O3/c1-18-7-5-11(20)9-15(18)16(21)10-12-13-3-4-17(22)19(13,2)8-6-14(12)18/h11-15,20H,3-10H2,1-2H3/t11-,12+,13-,14+,15+,18+,19-/m0/s1. The topological polar surface area (TPSA) is 54.4 Å². The summed E-state index contributed by atoms with van der Waals surface area (Å²) in [5, 5.41) is 10.0. The third kappa shape index (κ3) is 1.78. The van der Waals surface area contributed by atoms with Crippen LogP contribution in [0.5, 0.6) is 0 Å². The second-order valence-corrected chi connectivity index (χ2v) is 8.95. The van der Waals surface area contributed by atoms with Crippen LogP contribution in [-0.2, 0) is 9.59 Å². The van der Waals surface area contributed by atoms with Crippen molar-refractivity contribution in [2.24, 2.45) is 34.5 Å². The van der Waals surface area contributed by atoms with Gasteiger partial charge in [0, 0.05) is 24.2 Å². The molecule has 0 unspecified atom stereocenters. The summed E-state index contributed by atoms with van der Waals surface area (Å²) in [6, 6.07) is 0. The summed E-state index contributed by atoms with van der Waals surface area (Å²) in [4.78, 5) is 25.2. The maximum atomic E-state index is 12.8. The average molecular weight is 304 g/mol. The smallest absolute Gasteiger partial charge is 0.139 e. The molecule has 4 saturated carbocycles. The highest BCUT2D eigenvalue weighted by atomic mass is 16.3. The van der Waals surface area contributed by atoms with Crippen LogP contribution in [0.15, 0.2) is 0 Å². The van der Waals surface area contributed by atoms with E-state index in [9.17, 15) is 14.7 Å². The first-order chi connectivity index (χ1) is 10.4. The molecule has 4 rings (SSSR count). The molecule has 0 spiro atoms. The van der Waals surface area contributed by atoms with Gasteiger partial charge in [-0.15, -0.1) is 0 Å². The Bertz CT molecular complexity index is 527. The number of hydrogen-bond acceptors (Lipinski definition) is 3. The van der Waals surface area contributed by atoms with Crippen molar-refractivity contribution in [3.05, 3.63) is 0 Å². The molecule has 22 heavy (non-hydrogen) atoms. The molecule has 0 bridgehead atoms. The summed E-state index contributed by atoms with van der Waals surface area (Å²) >= 11 is 0. The van der Waals surface area contributed by atoms with Crippen LogP contribution in [0.2, 0.25) is 0 Å². The van der Waals surface area contributed by atoms with Gasteiger partial charge in [0.1, 0.15) is 11.6 Å². The van der Waals surface area contributed by atoms with Gasteiger partial charge in [-0.05, 0) is 61.7 Å². The zero-order chi connectivity index (χ0) is 15.7. The Morgan fingerprint density at radius 3 is 2.59 bits per heavy atom. The monoisotopic (exact) mass is 304 g/mol. The third-order valence-corrected chi connectivity index (χ3v) is 8.14. The fourth-order valence-electron chi connectivity index (χ4n) is 6.79. The molecule has 0 radical (unpaired) electrons. The molecule has 3 nitrogen and oxygen atoms in total. The van der Waals surface area contributed by atoms with Crippen LogP contribution in [0, 0.1) is 34.5 Å².